The van der Waals surface area contributed by atoms with Crippen LogP contribution in [-0.2, 0) is 0 Å². The van der Waals surface area contributed by atoms with Gasteiger partial charge in [0.25, 0.3) is 0 Å². The van der Waals surface area contributed by atoms with Crippen LogP contribution in [0.3, 0.4) is 0 Å². The lowest BCUT2D eigenvalue weighted by Gasteiger charge is -2.25. The van der Waals surface area contributed by atoms with Crippen molar-refractivity contribution in [3.8, 4) is 0 Å². The lowest BCUT2D eigenvalue weighted by Crippen LogP contribution is -2.11. The molecule has 0 saturated heterocycles. The fourth-order valence-corrected chi connectivity index (χ4v) is 3.34. The average molecular weight is 332 g/mol. The van der Waals surface area contributed by atoms with E-state index in [0.717, 1.165) is 27.8 Å². The van der Waals surface area contributed by atoms with Gasteiger partial charge in [-0.15, -0.1) is 0 Å². The van der Waals surface area contributed by atoms with Crippen LogP contribution in [0, 0.1) is 13.8 Å². The molecule has 4 heteroatoms. The maximum absolute atomic E-state index is 6.18. The SMILES string of the molecule is Cc1c(N)cc(N)cc1C(c1ccccc1)c1cc(N)cc(N)c1C. The first kappa shape index (κ1) is 16.7. The first-order valence-corrected chi connectivity index (χ1v) is 8.24. The summed E-state index contributed by atoms with van der Waals surface area (Å²) in [5.74, 6) is -0.0437. The highest BCUT2D eigenvalue weighted by Gasteiger charge is 2.23. The van der Waals surface area contributed by atoms with Crippen LogP contribution in [0.25, 0.3) is 0 Å². The predicted molar refractivity (Wildman–Crippen MR) is 107 cm³/mol. The first-order chi connectivity index (χ1) is 11.9. The van der Waals surface area contributed by atoms with Gasteiger partial charge in [0.15, 0.2) is 0 Å². The number of anilines is 4. The van der Waals surface area contributed by atoms with Crippen LogP contribution in [0.15, 0.2) is 54.6 Å². The molecule has 0 atom stereocenters. The summed E-state index contributed by atoms with van der Waals surface area (Å²) >= 11 is 0. The summed E-state index contributed by atoms with van der Waals surface area (Å²) in [6.07, 6.45) is 0. The second-order valence-electron chi connectivity index (χ2n) is 6.49. The van der Waals surface area contributed by atoms with Gasteiger partial charge in [-0.25, -0.2) is 0 Å². The highest BCUT2D eigenvalue weighted by atomic mass is 14.6. The molecule has 0 aliphatic rings. The van der Waals surface area contributed by atoms with Crippen molar-refractivity contribution >= 4 is 22.7 Å². The molecule has 0 unspecified atom stereocenters. The van der Waals surface area contributed by atoms with Crippen LogP contribution >= 0.6 is 0 Å². The van der Waals surface area contributed by atoms with Gasteiger partial charge in [-0.2, -0.15) is 0 Å². The Balaban J connectivity index is 2.34. The first-order valence-electron chi connectivity index (χ1n) is 8.24. The Kier molecular flexibility index (Phi) is 4.28. The van der Waals surface area contributed by atoms with E-state index in [4.69, 9.17) is 22.9 Å². The Bertz CT molecular complexity index is 859. The summed E-state index contributed by atoms with van der Waals surface area (Å²) < 4.78 is 0. The molecule has 3 aromatic rings. The molecule has 0 aliphatic carbocycles. The fraction of sp³-hybridized carbons (Fsp3) is 0.143. The Morgan fingerprint density at radius 1 is 0.640 bits per heavy atom. The molecule has 0 saturated carbocycles. The van der Waals surface area contributed by atoms with E-state index in [1.807, 2.05) is 44.2 Å². The lowest BCUT2D eigenvalue weighted by atomic mass is 9.80. The monoisotopic (exact) mass is 332 g/mol. The minimum atomic E-state index is -0.0437. The van der Waals surface area contributed by atoms with Gasteiger partial charge in [-0.05, 0) is 65.9 Å². The topological polar surface area (TPSA) is 104 Å². The quantitative estimate of drug-likeness (QED) is 0.432. The molecule has 0 heterocycles. The minimum absolute atomic E-state index is 0.0437. The molecule has 8 N–H and O–H groups in total. The second kappa shape index (κ2) is 6.40. The minimum Gasteiger partial charge on any atom is -0.399 e. The van der Waals surface area contributed by atoms with E-state index in [-0.39, 0.29) is 5.92 Å². The summed E-state index contributed by atoms with van der Waals surface area (Å²) in [6, 6.07) is 17.8. The molecule has 0 bridgehead atoms. The Hall–Kier alpha value is -3.14. The summed E-state index contributed by atoms with van der Waals surface area (Å²) in [7, 11) is 0. The molecule has 0 radical (unpaired) electrons. The summed E-state index contributed by atoms with van der Waals surface area (Å²) in [6.45, 7) is 4.04. The third kappa shape index (κ3) is 3.11. The second-order valence-corrected chi connectivity index (χ2v) is 6.49. The van der Waals surface area contributed by atoms with Gasteiger partial charge in [0.2, 0.25) is 0 Å². The fourth-order valence-electron chi connectivity index (χ4n) is 3.34. The molecule has 0 amide bonds. The molecule has 3 aromatic carbocycles. The molecule has 3 rings (SSSR count). The molecule has 25 heavy (non-hydrogen) atoms. The molecule has 0 aliphatic heterocycles. The maximum Gasteiger partial charge on any atom is 0.0367 e. The third-order valence-corrected chi connectivity index (χ3v) is 4.78. The molecule has 0 fully saturated rings. The summed E-state index contributed by atoms with van der Waals surface area (Å²) in [5, 5.41) is 0. The number of rotatable bonds is 3. The van der Waals surface area contributed by atoms with Crippen molar-refractivity contribution in [1.29, 1.82) is 0 Å². The van der Waals surface area contributed by atoms with E-state index < -0.39 is 0 Å². The highest BCUT2D eigenvalue weighted by molar-refractivity contribution is 5.67. The van der Waals surface area contributed by atoms with Gasteiger partial charge in [0.05, 0.1) is 0 Å². The predicted octanol–water partition coefficient (Wildman–Crippen LogP) is 3.81. The van der Waals surface area contributed by atoms with Crippen LogP contribution < -0.4 is 22.9 Å². The number of hydrogen-bond acceptors (Lipinski definition) is 4. The van der Waals surface area contributed by atoms with Crippen molar-refractivity contribution in [3.63, 3.8) is 0 Å². The number of hydrogen-bond donors (Lipinski definition) is 4. The van der Waals surface area contributed by atoms with E-state index in [2.05, 4.69) is 12.1 Å². The standard InChI is InChI=1S/C21H24N4/c1-12-17(8-15(22)10-19(12)24)21(14-6-4-3-5-7-14)18-9-16(23)11-20(25)13(18)2/h3-11,21H,22-25H2,1-2H3. The largest absolute Gasteiger partial charge is 0.399 e. The van der Waals surface area contributed by atoms with Gasteiger partial charge >= 0.3 is 0 Å². The van der Waals surface area contributed by atoms with E-state index in [0.29, 0.717) is 22.7 Å². The molecule has 4 nitrogen and oxygen atoms in total. The van der Waals surface area contributed by atoms with Crippen LogP contribution in [0.1, 0.15) is 33.7 Å². The van der Waals surface area contributed by atoms with Crippen molar-refractivity contribution in [3.05, 3.63) is 82.4 Å². The Morgan fingerprint density at radius 3 is 1.52 bits per heavy atom. The molecular weight excluding hydrogens is 308 g/mol. The third-order valence-electron chi connectivity index (χ3n) is 4.78. The zero-order chi connectivity index (χ0) is 18.1. The molecule has 0 spiro atoms. The zero-order valence-corrected chi connectivity index (χ0v) is 14.6. The van der Waals surface area contributed by atoms with Gasteiger partial charge in [0, 0.05) is 28.7 Å². The van der Waals surface area contributed by atoms with E-state index in [9.17, 15) is 0 Å². The molecule has 0 aromatic heterocycles. The van der Waals surface area contributed by atoms with Crippen LogP contribution in [0.4, 0.5) is 22.7 Å². The maximum atomic E-state index is 6.18. The highest BCUT2D eigenvalue weighted by Crippen LogP contribution is 2.40. The lowest BCUT2D eigenvalue weighted by molar-refractivity contribution is 0.953. The normalized spacial score (nSPS) is 11.0. The number of nitrogens with two attached hydrogens (primary N) is 4. The van der Waals surface area contributed by atoms with E-state index in [1.54, 1.807) is 12.1 Å². The van der Waals surface area contributed by atoms with Crippen molar-refractivity contribution < 1.29 is 0 Å². The van der Waals surface area contributed by atoms with Gasteiger partial charge in [-0.3, -0.25) is 0 Å². The average Bonchev–Trinajstić information content (AvgIpc) is 2.57. The van der Waals surface area contributed by atoms with Crippen LogP contribution in [0.5, 0.6) is 0 Å². The summed E-state index contributed by atoms with van der Waals surface area (Å²) in [4.78, 5) is 0. The molecular formula is C21H24N4. The Morgan fingerprint density at radius 2 is 1.08 bits per heavy atom. The van der Waals surface area contributed by atoms with E-state index in [1.165, 1.54) is 0 Å². The number of benzene rings is 3. The smallest absolute Gasteiger partial charge is 0.0367 e. The van der Waals surface area contributed by atoms with Crippen molar-refractivity contribution in [2.24, 2.45) is 0 Å². The van der Waals surface area contributed by atoms with Gasteiger partial charge < -0.3 is 22.9 Å². The molecule has 128 valence electrons. The van der Waals surface area contributed by atoms with Crippen LogP contribution in [-0.4, -0.2) is 0 Å². The summed E-state index contributed by atoms with van der Waals surface area (Å²) in [5.41, 5.74) is 32.5. The van der Waals surface area contributed by atoms with Crippen molar-refractivity contribution in [2.75, 3.05) is 22.9 Å². The van der Waals surface area contributed by atoms with Gasteiger partial charge in [-0.1, -0.05) is 30.3 Å². The van der Waals surface area contributed by atoms with Gasteiger partial charge in [0.1, 0.15) is 0 Å². The van der Waals surface area contributed by atoms with Crippen molar-refractivity contribution in [1.82, 2.24) is 0 Å². The van der Waals surface area contributed by atoms with Crippen LogP contribution in [0.2, 0.25) is 0 Å². The van der Waals surface area contributed by atoms with Crippen molar-refractivity contribution in [2.45, 2.75) is 19.8 Å². The Labute approximate surface area is 148 Å². The zero-order valence-electron chi connectivity index (χ0n) is 14.6. The number of nitrogen functional groups attached to an aromatic ring is 4. The van der Waals surface area contributed by atoms with E-state index >= 15 is 0 Å².